The molecule has 25 heavy (non-hydrogen) atoms. The molecule has 1 fully saturated rings. The number of benzene rings is 2. The Bertz CT molecular complexity index is 843. The number of rotatable bonds is 3. The lowest BCUT2D eigenvalue weighted by Crippen LogP contribution is -2.49. The highest BCUT2D eigenvalue weighted by Crippen LogP contribution is 2.44. The van der Waals surface area contributed by atoms with Gasteiger partial charge in [-0.25, -0.2) is 0 Å². The van der Waals surface area contributed by atoms with Gasteiger partial charge in [-0.3, -0.25) is 4.99 Å². The number of nitrogens with zero attached hydrogens (tertiary/aromatic N) is 3. The number of guanidine groups is 1. The Morgan fingerprint density at radius 3 is 2.52 bits per heavy atom. The van der Waals surface area contributed by atoms with E-state index in [1.807, 2.05) is 18.2 Å². The summed E-state index contributed by atoms with van der Waals surface area (Å²) >= 11 is 12.5. The van der Waals surface area contributed by atoms with Crippen LogP contribution in [-0.4, -0.2) is 30.5 Å². The molecule has 2 aromatic carbocycles. The van der Waals surface area contributed by atoms with E-state index in [4.69, 9.17) is 28.2 Å². The molecule has 1 atom stereocenters. The van der Waals surface area contributed by atoms with Crippen LogP contribution < -0.4 is 4.90 Å². The number of aliphatic imine (C=N–C) groups is 1. The molecule has 5 rings (SSSR count). The molecule has 3 nitrogen and oxygen atoms in total. The normalized spacial score (nSPS) is 21.8. The van der Waals surface area contributed by atoms with Gasteiger partial charge in [0.25, 0.3) is 0 Å². The van der Waals surface area contributed by atoms with E-state index in [2.05, 4.69) is 34.1 Å². The van der Waals surface area contributed by atoms with Crippen LogP contribution in [0.3, 0.4) is 0 Å². The van der Waals surface area contributed by atoms with Crippen molar-refractivity contribution in [2.24, 2.45) is 10.9 Å². The van der Waals surface area contributed by atoms with Crippen LogP contribution in [0, 0.1) is 5.92 Å². The Balaban J connectivity index is 1.66. The molecule has 128 valence electrons. The maximum atomic E-state index is 6.35. The van der Waals surface area contributed by atoms with Crippen LogP contribution in [0.1, 0.15) is 30.0 Å². The molecule has 2 aromatic rings. The number of anilines is 1. The van der Waals surface area contributed by atoms with E-state index < -0.39 is 0 Å². The summed E-state index contributed by atoms with van der Waals surface area (Å²) in [6, 6.07) is 14.6. The quantitative estimate of drug-likeness (QED) is 0.756. The van der Waals surface area contributed by atoms with Crippen LogP contribution in [0.2, 0.25) is 10.0 Å². The Morgan fingerprint density at radius 1 is 1.00 bits per heavy atom. The predicted octanol–water partition coefficient (Wildman–Crippen LogP) is 4.98. The summed E-state index contributed by atoms with van der Waals surface area (Å²) in [7, 11) is 0. The first kappa shape index (κ1) is 15.5. The van der Waals surface area contributed by atoms with E-state index in [-0.39, 0.29) is 6.04 Å². The van der Waals surface area contributed by atoms with Gasteiger partial charge in [-0.1, -0.05) is 41.4 Å². The van der Waals surface area contributed by atoms with Crippen LogP contribution in [-0.2, 0) is 0 Å². The zero-order valence-corrected chi connectivity index (χ0v) is 15.3. The summed E-state index contributed by atoms with van der Waals surface area (Å²) in [5.74, 6) is 1.88. The summed E-state index contributed by atoms with van der Waals surface area (Å²) < 4.78 is 0. The van der Waals surface area contributed by atoms with Crippen molar-refractivity contribution in [3.8, 4) is 0 Å². The fourth-order valence-corrected chi connectivity index (χ4v) is 4.23. The highest BCUT2D eigenvalue weighted by molar-refractivity contribution is 6.31. The molecular formula is C20H19Cl2N3. The highest BCUT2D eigenvalue weighted by atomic mass is 35.5. The zero-order chi connectivity index (χ0) is 17.0. The molecule has 2 heterocycles. The van der Waals surface area contributed by atoms with Gasteiger partial charge in [-0.05, 0) is 48.6 Å². The molecular weight excluding hydrogens is 353 g/mol. The summed E-state index contributed by atoms with van der Waals surface area (Å²) in [6.07, 6.45) is 2.64. The second-order valence-electron chi connectivity index (χ2n) is 7.09. The van der Waals surface area contributed by atoms with Gasteiger partial charge in [0.05, 0.1) is 18.3 Å². The van der Waals surface area contributed by atoms with Crippen LogP contribution in [0.25, 0.3) is 0 Å². The van der Waals surface area contributed by atoms with Gasteiger partial charge in [0.15, 0.2) is 0 Å². The average molecular weight is 372 g/mol. The van der Waals surface area contributed by atoms with Crippen molar-refractivity contribution < 1.29 is 0 Å². The Hall–Kier alpha value is -1.71. The lowest BCUT2D eigenvalue weighted by Gasteiger charge is -2.43. The molecule has 0 radical (unpaired) electrons. The molecule has 3 aliphatic rings. The van der Waals surface area contributed by atoms with Gasteiger partial charge in [-0.2, -0.15) is 0 Å². The van der Waals surface area contributed by atoms with Crippen molar-refractivity contribution in [3.05, 3.63) is 63.6 Å². The molecule has 0 spiro atoms. The van der Waals surface area contributed by atoms with E-state index in [9.17, 15) is 0 Å². The second kappa shape index (κ2) is 5.93. The fourth-order valence-electron chi connectivity index (χ4n) is 3.93. The third kappa shape index (κ3) is 2.70. The molecule has 0 N–H and O–H groups in total. The van der Waals surface area contributed by atoms with Crippen molar-refractivity contribution in [3.63, 3.8) is 0 Å². The van der Waals surface area contributed by atoms with E-state index in [1.165, 1.54) is 29.7 Å². The summed E-state index contributed by atoms with van der Waals surface area (Å²) in [5.41, 5.74) is 3.75. The van der Waals surface area contributed by atoms with Gasteiger partial charge < -0.3 is 9.80 Å². The first-order chi connectivity index (χ1) is 12.2. The Labute approximate surface area is 157 Å². The zero-order valence-electron chi connectivity index (χ0n) is 13.8. The van der Waals surface area contributed by atoms with Gasteiger partial charge in [0.2, 0.25) is 5.96 Å². The number of hydrogen-bond donors (Lipinski definition) is 0. The van der Waals surface area contributed by atoms with Crippen LogP contribution in [0.5, 0.6) is 0 Å². The summed E-state index contributed by atoms with van der Waals surface area (Å²) in [5, 5.41) is 1.54. The lowest BCUT2D eigenvalue weighted by atomic mass is 9.93. The van der Waals surface area contributed by atoms with Crippen molar-refractivity contribution in [2.45, 2.75) is 18.9 Å². The molecule has 0 saturated heterocycles. The maximum absolute atomic E-state index is 6.35. The molecule has 1 unspecified atom stereocenters. The fraction of sp³-hybridized carbons (Fsp3) is 0.350. The highest BCUT2D eigenvalue weighted by Gasteiger charge is 2.40. The predicted molar refractivity (Wildman–Crippen MR) is 104 cm³/mol. The smallest absolute Gasteiger partial charge is 0.202 e. The van der Waals surface area contributed by atoms with Gasteiger partial charge in [0.1, 0.15) is 0 Å². The van der Waals surface area contributed by atoms with Crippen LogP contribution >= 0.6 is 23.2 Å². The third-order valence-electron chi connectivity index (χ3n) is 5.31. The summed E-state index contributed by atoms with van der Waals surface area (Å²) in [4.78, 5) is 9.66. The third-order valence-corrected chi connectivity index (χ3v) is 5.79. The molecule has 2 aliphatic heterocycles. The standard InChI is InChI=1S/C20H19Cl2N3/c21-15-5-3-14(4-6-15)19-17-8-7-16(22)11-18(17)25(12-13-1-2-13)20-23-9-10-24(19)20/h3-8,11,13,19H,1-2,9-10,12H2. The minimum atomic E-state index is 0.168. The SMILES string of the molecule is Clc1ccc(C2c3ccc(Cl)cc3N(CC3CC3)C3=NCCN32)cc1. The van der Waals surface area contributed by atoms with Gasteiger partial charge in [0, 0.05) is 28.7 Å². The second-order valence-corrected chi connectivity index (χ2v) is 7.96. The first-order valence-electron chi connectivity index (χ1n) is 8.84. The molecule has 1 saturated carbocycles. The van der Waals surface area contributed by atoms with Crippen molar-refractivity contribution >= 4 is 34.8 Å². The van der Waals surface area contributed by atoms with Crippen molar-refractivity contribution in [1.82, 2.24) is 4.90 Å². The molecule has 5 heteroatoms. The summed E-state index contributed by atoms with van der Waals surface area (Å²) in [6.45, 7) is 2.84. The monoisotopic (exact) mass is 371 g/mol. The number of halogens is 2. The van der Waals surface area contributed by atoms with Gasteiger partial charge >= 0.3 is 0 Å². The molecule has 0 bridgehead atoms. The number of hydrogen-bond acceptors (Lipinski definition) is 3. The lowest BCUT2D eigenvalue weighted by molar-refractivity contribution is 0.372. The van der Waals surface area contributed by atoms with E-state index in [1.54, 1.807) is 0 Å². The minimum absolute atomic E-state index is 0.168. The van der Waals surface area contributed by atoms with E-state index in [0.717, 1.165) is 41.6 Å². The molecule has 0 amide bonds. The Kier molecular flexibility index (Phi) is 3.68. The van der Waals surface area contributed by atoms with Crippen molar-refractivity contribution in [1.29, 1.82) is 0 Å². The Morgan fingerprint density at radius 2 is 1.76 bits per heavy atom. The largest absolute Gasteiger partial charge is 0.329 e. The van der Waals surface area contributed by atoms with E-state index >= 15 is 0 Å². The van der Waals surface area contributed by atoms with Crippen LogP contribution in [0.4, 0.5) is 5.69 Å². The molecule has 0 aromatic heterocycles. The molecule has 1 aliphatic carbocycles. The number of fused-ring (bicyclic) bond motifs is 2. The van der Waals surface area contributed by atoms with Crippen molar-refractivity contribution in [2.75, 3.05) is 24.5 Å². The minimum Gasteiger partial charge on any atom is -0.329 e. The van der Waals surface area contributed by atoms with Gasteiger partial charge in [-0.15, -0.1) is 0 Å². The first-order valence-corrected chi connectivity index (χ1v) is 9.60. The topological polar surface area (TPSA) is 18.8 Å². The maximum Gasteiger partial charge on any atom is 0.202 e. The van der Waals surface area contributed by atoms with E-state index in [0.29, 0.717) is 0 Å². The average Bonchev–Trinajstić information content (AvgIpc) is 3.30. The van der Waals surface area contributed by atoms with Crippen LogP contribution in [0.15, 0.2) is 47.5 Å².